The molecular formula is C29H34FN3O4S. The van der Waals surface area contributed by atoms with Crippen LogP contribution in [0.2, 0.25) is 0 Å². The van der Waals surface area contributed by atoms with Crippen molar-refractivity contribution in [3.63, 3.8) is 0 Å². The van der Waals surface area contributed by atoms with Gasteiger partial charge in [0.2, 0.25) is 11.8 Å². The molecule has 0 heterocycles. The molecule has 0 aromatic heterocycles. The number of aryl methyl sites for hydroxylation is 1. The lowest BCUT2D eigenvalue weighted by Gasteiger charge is -2.32. The van der Waals surface area contributed by atoms with Crippen LogP contribution in [-0.2, 0) is 26.2 Å². The van der Waals surface area contributed by atoms with Crippen molar-refractivity contribution >= 4 is 27.5 Å². The lowest BCUT2D eigenvalue weighted by Crippen LogP contribution is -2.51. The number of nitrogens with zero attached hydrogens (tertiary/aromatic N) is 2. The molecule has 3 rings (SSSR count). The highest BCUT2D eigenvalue weighted by Gasteiger charge is 2.32. The second-order valence-electron chi connectivity index (χ2n) is 9.08. The van der Waals surface area contributed by atoms with Crippen LogP contribution in [0.25, 0.3) is 0 Å². The van der Waals surface area contributed by atoms with E-state index in [2.05, 4.69) is 5.32 Å². The number of hydrogen-bond acceptors (Lipinski definition) is 4. The lowest BCUT2D eigenvalue weighted by atomic mass is 10.1. The minimum absolute atomic E-state index is 0.00841. The predicted molar refractivity (Wildman–Crippen MR) is 146 cm³/mol. The summed E-state index contributed by atoms with van der Waals surface area (Å²) >= 11 is 0. The van der Waals surface area contributed by atoms with Gasteiger partial charge in [0.25, 0.3) is 10.0 Å². The zero-order chi connectivity index (χ0) is 27.7. The molecule has 2 amide bonds. The van der Waals surface area contributed by atoms with Gasteiger partial charge in [0.05, 0.1) is 10.6 Å². The molecule has 1 N–H and O–H groups in total. The predicted octanol–water partition coefficient (Wildman–Crippen LogP) is 4.66. The number of rotatable bonds is 12. The molecule has 0 radical (unpaired) electrons. The van der Waals surface area contributed by atoms with Crippen molar-refractivity contribution in [1.82, 2.24) is 10.2 Å². The summed E-state index contributed by atoms with van der Waals surface area (Å²) in [6.45, 7) is 5.34. The van der Waals surface area contributed by atoms with Gasteiger partial charge in [0, 0.05) is 13.1 Å². The Kier molecular flexibility index (Phi) is 10.0. The van der Waals surface area contributed by atoms with Gasteiger partial charge >= 0.3 is 0 Å². The summed E-state index contributed by atoms with van der Waals surface area (Å²) < 4.78 is 42.1. The monoisotopic (exact) mass is 539 g/mol. The summed E-state index contributed by atoms with van der Waals surface area (Å²) in [6, 6.07) is 19.6. The Labute approximate surface area is 224 Å². The molecule has 9 heteroatoms. The van der Waals surface area contributed by atoms with Gasteiger partial charge in [-0.15, -0.1) is 0 Å². The molecule has 0 saturated carbocycles. The van der Waals surface area contributed by atoms with Gasteiger partial charge in [-0.25, -0.2) is 12.8 Å². The van der Waals surface area contributed by atoms with Crippen LogP contribution in [-0.4, -0.2) is 44.3 Å². The number of halogens is 1. The molecule has 0 aliphatic rings. The van der Waals surface area contributed by atoms with Crippen LogP contribution < -0.4 is 9.62 Å². The maximum Gasteiger partial charge on any atom is 0.264 e. The Bertz CT molecular complexity index is 1330. The van der Waals surface area contributed by atoms with Crippen molar-refractivity contribution in [2.24, 2.45) is 0 Å². The van der Waals surface area contributed by atoms with E-state index in [1.807, 2.05) is 6.92 Å². The van der Waals surface area contributed by atoms with Crippen molar-refractivity contribution in [1.29, 1.82) is 0 Å². The maximum atomic E-state index is 13.8. The first-order chi connectivity index (χ1) is 18.1. The topological polar surface area (TPSA) is 86.8 Å². The normalized spacial score (nSPS) is 12.0. The third kappa shape index (κ3) is 7.19. The van der Waals surface area contributed by atoms with E-state index in [1.54, 1.807) is 56.3 Å². The summed E-state index contributed by atoms with van der Waals surface area (Å²) in [4.78, 5) is 28.1. The largest absolute Gasteiger partial charge is 0.354 e. The summed E-state index contributed by atoms with van der Waals surface area (Å²) in [6.07, 6.45) is 1.69. The number of nitrogens with one attached hydrogen (secondary N) is 1. The van der Waals surface area contributed by atoms with E-state index in [0.29, 0.717) is 23.4 Å². The molecule has 0 unspecified atom stereocenters. The summed E-state index contributed by atoms with van der Waals surface area (Å²) in [5, 5.41) is 2.84. The molecule has 0 bridgehead atoms. The van der Waals surface area contributed by atoms with Gasteiger partial charge in [-0.2, -0.15) is 0 Å². The zero-order valence-electron chi connectivity index (χ0n) is 21.9. The molecule has 3 aromatic rings. The zero-order valence-corrected chi connectivity index (χ0v) is 22.7. The fourth-order valence-corrected chi connectivity index (χ4v) is 5.48. The maximum absolute atomic E-state index is 13.8. The summed E-state index contributed by atoms with van der Waals surface area (Å²) in [5.74, 6) is -1.32. The van der Waals surface area contributed by atoms with Crippen molar-refractivity contribution in [3.8, 4) is 0 Å². The molecule has 3 aromatic carbocycles. The van der Waals surface area contributed by atoms with E-state index in [0.717, 1.165) is 17.1 Å². The number of carbonyl (C=O) groups excluding carboxylic acids is 2. The number of amides is 2. The Balaban J connectivity index is 1.99. The first kappa shape index (κ1) is 28.8. The second kappa shape index (κ2) is 13.2. The van der Waals surface area contributed by atoms with Crippen LogP contribution in [0.3, 0.4) is 0 Å². The van der Waals surface area contributed by atoms with Gasteiger partial charge < -0.3 is 10.2 Å². The SMILES string of the molecule is CCCCNC(=O)[C@H](C)N(Cc1ccc(F)cc1)C(=O)CN(c1ccccc1C)S(=O)(=O)c1ccccc1. The van der Waals surface area contributed by atoms with E-state index in [9.17, 15) is 22.4 Å². The average Bonchev–Trinajstić information content (AvgIpc) is 2.92. The van der Waals surface area contributed by atoms with Crippen LogP contribution in [0, 0.1) is 12.7 Å². The number of unbranched alkanes of at least 4 members (excludes halogenated alkanes) is 1. The van der Waals surface area contributed by atoms with Crippen molar-refractivity contribution < 1.29 is 22.4 Å². The van der Waals surface area contributed by atoms with E-state index in [4.69, 9.17) is 0 Å². The van der Waals surface area contributed by atoms with Crippen LogP contribution in [0.5, 0.6) is 0 Å². The Morgan fingerprint density at radius 3 is 2.21 bits per heavy atom. The quantitative estimate of drug-likeness (QED) is 0.339. The highest BCUT2D eigenvalue weighted by atomic mass is 32.2. The fourth-order valence-electron chi connectivity index (χ4n) is 3.98. The molecular weight excluding hydrogens is 505 g/mol. The second-order valence-corrected chi connectivity index (χ2v) is 10.9. The third-order valence-electron chi connectivity index (χ3n) is 6.26. The van der Waals surface area contributed by atoms with Gasteiger partial charge in [-0.3, -0.25) is 13.9 Å². The molecule has 0 aliphatic carbocycles. The Morgan fingerprint density at radius 1 is 0.947 bits per heavy atom. The number of hydrogen-bond donors (Lipinski definition) is 1. The Morgan fingerprint density at radius 2 is 1.58 bits per heavy atom. The lowest BCUT2D eigenvalue weighted by molar-refractivity contribution is -0.139. The number of sulfonamides is 1. The first-order valence-electron chi connectivity index (χ1n) is 12.6. The highest BCUT2D eigenvalue weighted by Crippen LogP contribution is 2.27. The molecule has 0 spiro atoms. The van der Waals surface area contributed by atoms with E-state index in [1.165, 1.54) is 41.3 Å². The van der Waals surface area contributed by atoms with Gasteiger partial charge in [-0.1, -0.05) is 61.9 Å². The van der Waals surface area contributed by atoms with Gasteiger partial charge in [0.1, 0.15) is 18.4 Å². The van der Waals surface area contributed by atoms with Crippen LogP contribution in [0.4, 0.5) is 10.1 Å². The van der Waals surface area contributed by atoms with Gasteiger partial charge in [-0.05, 0) is 61.7 Å². The minimum Gasteiger partial charge on any atom is -0.354 e. The van der Waals surface area contributed by atoms with Crippen LogP contribution >= 0.6 is 0 Å². The third-order valence-corrected chi connectivity index (χ3v) is 8.03. The number of benzene rings is 3. The number of anilines is 1. The number of para-hydroxylation sites is 1. The van der Waals surface area contributed by atoms with Crippen LogP contribution in [0.15, 0.2) is 83.8 Å². The van der Waals surface area contributed by atoms with E-state index < -0.39 is 34.3 Å². The molecule has 38 heavy (non-hydrogen) atoms. The Hall–Kier alpha value is -3.72. The van der Waals surface area contributed by atoms with Crippen LogP contribution in [0.1, 0.15) is 37.8 Å². The average molecular weight is 540 g/mol. The van der Waals surface area contributed by atoms with E-state index in [-0.39, 0.29) is 17.3 Å². The fraction of sp³-hybridized carbons (Fsp3) is 0.310. The summed E-state index contributed by atoms with van der Waals surface area (Å²) in [5.41, 5.74) is 1.66. The van der Waals surface area contributed by atoms with Crippen molar-refractivity contribution in [2.45, 2.75) is 51.1 Å². The molecule has 0 saturated heterocycles. The summed E-state index contributed by atoms with van der Waals surface area (Å²) in [7, 11) is -4.11. The van der Waals surface area contributed by atoms with Gasteiger partial charge in [0.15, 0.2) is 0 Å². The molecule has 202 valence electrons. The molecule has 7 nitrogen and oxygen atoms in total. The number of carbonyl (C=O) groups is 2. The van der Waals surface area contributed by atoms with Crippen molar-refractivity contribution in [3.05, 3.63) is 95.8 Å². The van der Waals surface area contributed by atoms with Crippen molar-refractivity contribution in [2.75, 3.05) is 17.4 Å². The molecule has 1 atom stereocenters. The molecule has 0 aliphatic heterocycles. The standard InChI is InChI=1S/C29H34FN3O4S/c1-4-5-19-31-29(35)23(3)32(20-24-15-17-25(30)18-16-24)28(34)21-33(27-14-10-9-11-22(27)2)38(36,37)26-12-7-6-8-13-26/h6-18,23H,4-5,19-21H2,1-3H3,(H,31,35)/t23-/m0/s1. The van der Waals surface area contributed by atoms with E-state index >= 15 is 0 Å². The first-order valence-corrected chi connectivity index (χ1v) is 14.0. The minimum atomic E-state index is -4.11. The smallest absolute Gasteiger partial charge is 0.264 e. The highest BCUT2D eigenvalue weighted by molar-refractivity contribution is 7.92. The molecule has 0 fully saturated rings.